The molecule has 7 rings (SSSR count). The number of anilines is 3. The maximum absolute atomic E-state index is 13.6. The second kappa shape index (κ2) is 10.3. The maximum Gasteiger partial charge on any atom is 0.189 e. The normalized spacial score (nSPS) is 14.0. The molecule has 6 aromatic rings. The molecule has 0 aliphatic carbocycles. The third kappa shape index (κ3) is 4.53. The van der Waals surface area contributed by atoms with Gasteiger partial charge < -0.3 is 4.90 Å². The van der Waals surface area contributed by atoms with Crippen molar-refractivity contribution in [3.8, 4) is 0 Å². The predicted molar refractivity (Wildman–Crippen MR) is 187 cm³/mol. The van der Waals surface area contributed by atoms with Crippen LogP contribution < -0.4 is 4.90 Å². The van der Waals surface area contributed by atoms with E-state index >= 15 is 0 Å². The molecule has 1 aliphatic heterocycles. The Balaban J connectivity index is 1.34. The van der Waals surface area contributed by atoms with Gasteiger partial charge in [0.2, 0.25) is 0 Å². The van der Waals surface area contributed by atoms with Crippen molar-refractivity contribution in [2.75, 3.05) is 4.90 Å². The Morgan fingerprint density at radius 2 is 1.36 bits per heavy atom. The Kier molecular flexibility index (Phi) is 6.55. The van der Waals surface area contributed by atoms with E-state index in [1.165, 1.54) is 50.1 Å². The minimum absolute atomic E-state index is 0.0700. The number of hydrogen-bond acceptors (Lipinski definition) is 2. The lowest BCUT2D eigenvalue weighted by molar-refractivity contribution is 0.103. The van der Waals surface area contributed by atoms with Crippen molar-refractivity contribution >= 4 is 50.5 Å². The Hall–Kier alpha value is -4.95. The fourth-order valence-corrected chi connectivity index (χ4v) is 7.22. The van der Waals surface area contributed by atoms with Crippen LogP contribution in [0.5, 0.6) is 0 Å². The van der Waals surface area contributed by atoms with Gasteiger partial charge in [-0.1, -0.05) is 86.6 Å². The topological polar surface area (TPSA) is 20.3 Å². The molecule has 0 unspecified atom stereocenters. The highest BCUT2D eigenvalue weighted by Gasteiger charge is 2.38. The zero-order chi connectivity index (χ0) is 30.7. The number of Topliss-reactive ketones (excluding diaryl/α,β-unsaturated/α-hetero) is 1. The smallest absolute Gasteiger partial charge is 0.189 e. The second-order valence-electron chi connectivity index (χ2n) is 12.9. The van der Waals surface area contributed by atoms with Crippen LogP contribution in [0.25, 0.3) is 27.6 Å². The molecule has 6 aromatic carbocycles. The van der Waals surface area contributed by atoms with E-state index in [0.29, 0.717) is 0 Å². The summed E-state index contributed by atoms with van der Waals surface area (Å²) in [7, 11) is 0. The molecule has 0 spiro atoms. The quantitative estimate of drug-likeness (QED) is 0.155. The van der Waals surface area contributed by atoms with E-state index < -0.39 is 0 Å². The largest absolute Gasteiger partial charge is 0.310 e. The van der Waals surface area contributed by atoms with Gasteiger partial charge in [-0.3, -0.25) is 4.79 Å². The van der Waals surface area contributed by atoms with Crippen molar-refractivity contribution in [3.05, 3.63) is 154 Å². The molecule has 0 bridgehead atoms. The first-order valence-corrected chi connectivity index (χ1v) is 15.4. The maximum atomic E-state index is 13.6. The summed E-state index contributed by atoms with van der Waals surface area (Å²) in [5.74, 6) is 0.0700. The molecule has 0 aromatic heterocycles. The zero-order valence-corrected chi connectivity index (χ0v) is 26.3. The number of benzene rings is 6. The highest BCUT2D eigenvalue weighted by molar-refractivity contribution is 6.13. The molecule has 0 saturated heterocycles. The van der Waals surface area contributed by atoms with E-state index in [1.54, 1.807) is 0 Å². The monoisotopic (exact) mass is 571 g/mol. The van der Waals surface area contributed by atoms with Crippen LogP contribution in [0.2, 0.25) is 0 Å². The third-order valence-corrected chi connectivity index (χ3v) is 9.25. The number of fused-ring (bicyclic) bond motifs is 5. The molecule has 44 heavy (non-hydrogen) atoms. The second-order valence-corrected chi connectivity index (χ2v) is 12.9. The summed E-state index contributed by atoms with van der Waals surface area (Å²) in [5.41, 5.74) is 12.1. The number of hydrogen-bond donors (Lipinski definition) is 0. The molecular weight excluding hydrogens is 534 g/mol. The van der Waals surface area contributed by atoms with Gasteiger partial charge in [0.05, 0.1) is 11.4 Å². The highest BCUT2D eigenvalue weighted by Crippen LogP contribution is 2.54. The first kappa shape index (κ1) is 27.9. The minimum atomic E-state index is -0.197. The molecule has 0 amide bonds. The van der Waals surface area contributed by atoms with Gasteiger partial charge in [-0.25, -0.2) is 0 Å². The lowest BCUT2D eigenvalue weighted by atomic mass is 9.71. The molecule has 0 fully saturated rings. The van der Waals surface area contributed by atoms with Crippen LogP contribution in [0.1, 0.15) is 64.5 Å². The molecule has 0 radical (unpaired) electrons. The SMILES string of the molecule is CC(=Cc1ccc2c3c(ccc2c1)N(c1cc(C)cc(C)c1)c1ccccc1C3(C)C)C(=O)c1cc2ccccc2cc1C. The van der Waals surface area contributed by atoms with Crippen molar-refractivity contribution in [1.82, 2.24) is 0 Å². The highest BCUT2D eigenvalue weighted by atomic mass is 16.1. The number of ketones is 1. The molecule has 216 valence electrons. The summed E-state index contributed by atoms with van der Waals surface area (Å²) in [6.45, 7) is 13.0. The summed E-state index contributed by atoms with van der Waals surface area (Å²) in [5, 5.41) is 4.65. The van der Waals surface area contributed by atoms with Crippen molar-refractivity contribution < 1.29 is 4.79 Å². The molecule has 0 atom stereocenters. The molecule has 1 heterocycles. The van der Waals surface area contributed by atoms with Crippen LogP contribution in [-0.2, 0) is 5.41 Å². The Bertz CT molecular complexity index is 2140. The molecule has 0 N–H and O–H groups in total. The number of carbonyl (C=O) groups excluding carboxylic acids is 1. The molecule has 0 saturated carbocycles. The van der Waals surface area contributed by atoms with E-state index in [1.807, 2.05) is 38.1 Å². The lowest BCUT2D eigenvalue weighted by Gasteiger charge is -2.43. The van der Waals surface area contributed by atoms with Crippen LogP contribution in [0, 0.1) is 20.8 Å². The van der Waals surface area contributed by atoms with Crippen molar-refractivity contribution in [3.63, 3.8) is 0 Å². The average Bonchev–Trinajstić information content (AvgIpc) is 2.99. The Morgan fingerprint density at radius 1 is 0.682 bits per heavy atom. The number of aryl methyl sites for hydroxylation is 3. The van der Waals surface area contributed by atoms with Crippen LogP contribution in [0.3, 0.4) is 0 Å². The summed E-state index contributed by atoms with van der Waals surface area (Å²) in [6.07, 6.45) is 2.03. The zero-order valence-electron chi connectivity index (χ0n) is 26.3. The standard InChI is InChI=1S/C42H37NO/c1-26-19-27(2)21-34(20-26)43-38-14-10-9-13-37(38)42(5,6)40-35-17-15-30(24-33(35)16-18-39(40)43)22-29(4)41(44)36-25-32-12-8-7-11-31(32)23-28(36)3/h7-25H,1-6H3. The molecule has 1 aliphatic rings. The van der Waals surface area contributed by atoms with Crippen molar-refractivity contribution in [2.45, 2.75) is 47.0 Å². The van der Waals surface area contributed by atoms with E-state index in [-0.39, 0.29) is 11.2 Å². The summed E-state index contributed by atoms with van der Waals surface area (Å²) in [4.78, 5) is 16.0. The van der Waals surface area contributed by atoms with E-state index in [0.717, 1.165) is 33.0 Å². The number of allylic oxidation sites excluding steroid dienone is 1. The van der Waals surface area contributed by atoms with Gasteiger partial charge in [-0.05, 0) is 131 Å². The number of carbonyl (C=O) groups is 1. The van der Waals surface area contributed by atoms with Crippen LogP contribution in [0.15, 0.2) is 115 Å². The van der Waals surface area contributed by atoms with Gasteiger partial charge in [0.1, 0.15) is 0 Å². The molecule has 2 heteroatoms. The Labute approximate surface area is 260 Å². The predicted octanol–water partition coefficient (Wildman–Crippen LogP) is 11.3. The van der Waals surface area contributed by atoms with Gasteiger partial charge in [-0.15, -0.1) is 0 Å². The van der Waals surface area contributed by atoms with Gasteiger partial charge in [0.25, 0.3) is 0 Å². The third-order valence-electron chi connectivity index (χ3n) is 9.25. The van der Waals surface area contributed by atoms with Gasteiger partial charge >= 0.3 is 0 Å². The number of nitrogens with zero attached hydrogens (tertiary/aromatic N) is 1. The van der Waals surface area contributed by atoms with E-state index in [4.69, 9.17) is 0 Å². The average molecular weight is 572 g/mol. The fraction of sp³-hybridized carbons (Fsp3) is 0.167. The fourth-order valence-electron chi connectivity index (χ4n) is 7.22. The van der Waals surface area contributed by atoms with Crippen LogP contribution >= 0.6 is 0 Å². The number of para-hydroxylation sites is 1. The summed E-state index contributed by atoms with van der Waals surface area (Å²) in [6, 6.07) is 39.1. The lowest BCUT2D eigenvalue weighted by Crippen LogP contribution is -2.31. The number of rotatable bonds is 4. The van der Waals surface area contributed by atoms with Crippen molar-refractivity contribution in [1.29, 1.82) is 0 Å². The van der Waals surface area contributed by atoms with Gasteiger partial charge in [0.15, 0.2) is 5.78 Å². The first-order chi connectivity index (χ1) is 21.1. The minimum Gasteiger partial charge on any atom is -0.310 e. The van der Waals surface area contributed by atoms with Crippen LogP contribution in [0.4, 0.5) is 17.1 Å². The van der Waals surface area contributed by atoms with Gasteiger partial charge in [-0.2, -0.15) is 0 Å². The van der Waals surface area contributed by atoms with Crippen molar-refractivity contribution in [2.24, 2.45) is 0 Å². The summed E-state index contributed by atoms with van der Waals surface area (Å²) >= 11 is 0. The molecular formula is C42H37NO. The van der Waals surface area contributed by atoms with Crippen LogP contribution in [-0.4, -0.2) is 5.78 Å². The van der Waals surface area contributed by atoms with E-state index in [9.17, 15) is 4.79 Å². The summed E-state index contributed by atoms with van der Waals surface area (Å²) < 4.78 is 0. The van der Waals surface area contributed by atoms with E-state index in [2.05, 4.69) is 124 Å². The Morgan fingerprint density at radius 3 is 2.11 bits per heavy atom. The van der Waals surface area contributed by atoms with Gasteiger partial charge in [0, 0.05) is 16.7 Å². The molecule has 2 nitrogen and oxygen atoms in total. The first-order valence-electron chi connectivity index (χ1n) is 15.4.